The van der Waals surface area contributed by atoms with Gasteiger partial charge in [0.05, 0.1) is 6.20 Å². The fourth-order valence-electron chi connectivity index (χ4n) is 3.24. The first kappa shape index (κ1) is 22.7. The third-order valence-electron chi connectivity index (χ3n) is 5.08. The van der Waals surface area contributed by atoms with Gasteiger partial charge < -0.3 is 10.6 Å². The molecule has 4 aromatic rings. The van der Waals surface area contributed by atoms with E-state index in [2.05, 4.69) is 20.7 Å². The van der Waals surface area contributed by atoms with Crippen molar-refractivity contribution in [1.82, 2.24) is 25.2 Å². The summed E-state index contributed by atoms with van der Waals surface area (Å²) in [5.74, 6) is -3.12. The average Bonchev–Trinajstić information content (AvgIpc) is 3.31. The molecule has 172 valence electrons. The van der Waals surface area contributed by atoms with Gasteiger partial charge >= 0.3 is 0 Å². The molecule has 0 bridgehead atoms. The third kappa shape index (κ3) is 4.96. The molecule has 2 aromatic carbocycles. The van der Waals surface area contributed by atoms with E-state index in [1.54, 1.807) is 30.3 Å². The maximum absolute atomic E-state index is 13.4. The number of ketones is 1. The predicted molar refractivity (Wildman–Crippen MR) is 118 cm³/mol. The molecule has 2 amide bonds. The number of amides is 2. The summed E-state index contributed by atoms with van der Waals surface area (Å²) in [5, 5.41) is 9.42. The molecule has 0 saturated carbocycles. The van der Waals surface area contributed by atoms with Crippen LogP contribution in [0, 0.1) is 11.6 Å². The van der Waals surface area contributed by atoms with E-state index in [1.165, 1.54) is 29.8 Å². The largest absolute Gasteiger partial charge is 0.347 e. The molecule has 10 heteroatoms. The maximum atomic E-state index is 13.4. The smallest absolute Gasteiger partial charge is 0.270 e. The van der Waals surface area contributed by atoms with Gasteiger partial charge in [0.15, 0.2) is 23.1 Å². The summed E-state index contributed by atoms with van der Waals surface area (Å²) in [5.41, 5.74) is 2.07. The van der Waals surface area contributed by atoms with E-state index in [0.29, 0.717) is 11.1 Å². The molecule has 2 N–H and O–H groups in total. The molecule has 0 spiro atoms. The summed E-state index contributed by atoms with van der Waals surface area (Å²) in [7, 11) is 0. The Morgan fingerprint density at radius 3 is 2.24 bits per heavy atom. The van der Waals surface area contributed by atoms with Crippen LogP contribution < -0.4 is 10.6 Å². The second-order valence-corrected chi connectivity index (χ2v) is 7.49. The minimum Gasteiger partial charge on any atom is -0.347 e. The second-order valence-electron chi connectivity index (χ2n) is 7.49. The van der Waals surface area contributed by atoms with Crippen LogP contribution in [0.15, 0.2) is 60.8 Å². The fourth-order valence-corrected chi connectivity index (χ4v) is 3.24. The second kappa shape index (κ2) is 9.57. The van der Waals surface area contributed by atoms with Gasteiger partial charge in [-0.3, -0.25) is 14.4 Å². The quantitative estimate of drug-likeness (QED) is 0.410. The number of nitrogens with one attached hydrogen (secondary N) is 2. The lowest BCUT2D eigenvalue weighted by molar-refractivity contribution is 0.0940. The minimum atomic E-state index is -1.01. The third-order valence-corrected chi connectivity index (χ3v) is 5.08. The number of aromatic nitrogens is 3. The number of carbonyl (C=O) groups is 3. The lowest BCUT2D eigenvalue weighted by atomic mass is 10.1. The van der Waals surface area contributed by atoms with Gasteiger partial charge in [0.1, 0.15) is 11.4 Å². The van der Waals surface area contributed by atoms with Crippen LogP contribution in [0.4, 0.5) is 8.78 Å². The van der Waals surface area contributed by atoms with Gasteiger partial charge in [-0.2, -0.15) is 5.10 Å². The van der Waals surface area contributed by atoms with Gasteiger partial charge in [0.25, 0.3) is 11.8 Å². The van der Waals surface area contributed by atoms with E-state index in [4.69, 9.17) is 0 Å². The van der Waals surface area contributed by atoms with Crippen LogP contribution >= 0.6 is 0 Å². The Hall–Kier alpha value is -4.47. The Kier molecular flexibility index (Phi) is 6.39. The molecule has 34 heavy (non-hydrogen) atoms. The van der Waals surface area contributed by atoms with Gasteiger partial charge in [-0.05, 0) is 30.2 Å². The zero-order chi connectivity index (χ0) is 24.2. The van der Waals surface area contributed by atoms with Crippen molar-refractivity contribution >= 4 is 23.2 Å². The van der Waals surface area contributed by atoms with Gasteiger partial charge in [-0.1, -0.05) is 30.3 Å². The van der Waals surface area contributed by atoms with E-state index in [-0.39, 0.29) is 35.9 Å². The summed E-state index contributed by atoms with van der Waals surface area (Å²) in [6.07, 6.45) is 1.45. The van der Waals surface area contributed by atoms with E-state index in [0.717, 1.165) is 17.7 Å². The van der Waals surface area contributed by atoms with Crippen LogP contribution in [0.5, 0.6) is 0 Å². The highest BCUT2D eigenvalue weighted by Crippen LogP contribution is 2.11. The molecule has 0 fully saturated rings. The average molecular weight is 463 g/mol. The predicted octanol–water partition coefficient (Wildman–Crippen LogP) is 3.07. The molecule has 0 unspecified atom stereocenters. The summed E-state index contributed by atoms with van der Waals surface area (Å²) >= 11 is 0. The van der Waals surface area contributed by atoms with Crippen molar-refractivity contribution in [3.05, 3.63) is 101 Å². The fraction of sp³-hybridized carbons (Fsp3) is 0.125. The Morgan fingerprint density at radius 2 is 1.53 bits per heavy atom. The monoisotopic (exact) mass is 463 g/mol. The van der Waals surface area contributed by atoms with Crippen molar-refractivity contribution in [2.45, 2.75) is 20.0 Å². The number of hydrogen-bond donors (Lipinski definition) is 2. The summed E-state index contributed by atoms with van der Waals surface area (Å²) < 4.78 is 27.8. The molecular weight excluding hydrogens is 444 g/mol. The number of benzene rings is 2. The maximum Gasteiger partial charge on any atom is 0.270 e. The van der Waals surface area contributed by atoms with Crippen LogP contribution in [-0.4, -0.2) is 32.2 Å². The number of carbonyl (C=O) groups excluding carboxylic acids is 3. The number of rotatable bonds is 7. The van der Waals surface area contributed by atoms with E-state index in [1.807, 2.05) is 0 Å². The van der Waals surface area contributed by atoms with Crippen molar-refractivity contribution in [3.8, 4) is 0 Å². The highest BCUT2D eigenvalue weighted by molar-refractivity contribution is 5.98. The summed E-state index contributed by atoms with van der Waals surface area (Å²) in [6, 6.07) is 13.0. The molecule has 0 atom stereocenters. The topological polar surface area (TPSA) is 105 Å². The van der Waals surface area contributed by atoms with E-state index < -0.39 is 23.4 Å². The minimum absolute atomic E-state index is 0.0356. The standard InChI is InChI=1S/C24H19F2N5O3/c1-14(32)17-5-2-15(3-6-17)12-28-24(34)21-11-20(30-22-8-9-29-31(21)22)23(33)27-13-16-4-7-18(25)19(26)10-16/h2-11H,12-13H2,1H3,(H,27,33)(H,28,34). The van der Waals surface area contributed by atoms with Crippen LogP contribution in [0.3, 0.4) is 0 Å². The molecule has 0 aliphatic carbocycles. The van der Waals surface area contributed by atoms with Crippen molar-refractivity contribution in [2.24, 2.45) is 0 Å². The van der Waals surface area contributed by atoms with Gasteiger partial charge in [-0.25, -0.2) is 18.3 Å². The van der Waals surface area contributed by atoms with Gasteiger partial charge in [-0.15, -0.1) is 0 Å². The molecule has 0 aliphatic heterocycles. The molecule has 0 saturated heterocycles. The van der Waals surface area contributed by atoms with Gasteiger partial charge in [0, 0.05) is 30.8 Å². The van der Waals surface area contributed by atoms with Crippen molar-refractivity contribution in [2.75, 3.05) is 0 Å². The normalized spacial score (nSPS) is 10.8. The van der Waals surface area contributed by atoms with Crippen molar-refractivity contribution < 1.29 is 23.2 Å². The zero-order valence-corrected chi connectivity index (χ0v) is 18.0. The molecule has 0 radical (unpaired) electrons. The first-order valence-electron chi connectivity index (χ1n) is 10.3. The first-order valence-corrected chi connectivity index (χ1v) is 10.3. The van der Waals surface area contributed by atoms with Crippen LogP contribution in [0.25, 0.3) is 5.65 Å². The van der Waals surface area contributed by atoms with Crippen LogP contribution in [-0.2, 0) is 13.1 Å². The molecule has 0 aliphatic rings. The molecule has 2 heterocycles. The highest BCUT2D eigenvalue weighted by atomic mass is 19.2. The lowest BCUT2D eigenvalue weighted by Gasteiger charge is -2.10. The van der Waals surface area contributed by atoms with Crippen molar-refractivity contribution in [3.63, 3.8) is 0 Å². The van der Waals surface area contributed by atoms with E-state index >= 15 is 0 Å². The molecular formula is C24H19F2N5O3. The lowest BCUT2D eigenvalue weighted by Crippen LogP contribution is -2.28. The molecule has 8 nitrogen and oxygen atoms in total. The number of nitrogens with zero attached hydrogens (tertiary/aromatic N) is 3. The Balaban J connectivity index is 1.49. The number of hydrogen-bond acceptors (Lipinski definition) is 5. The Bertz CT molecular complexity index is 1400. The van der Waals surface area contributed by atoms with Crippen molar-refractivity contribution in [1.29, 1.82) is 0 Å². The SMILES string of the molecule is CC(=O)c1ccc(CNC(=O)c2cc(C(=O)NCc3ccc(F)c(F)c3)nc3ccnn23)cc1. The summed E-state index contributed by atoms with van der Waals surface area (Å²) in [6.45, 7) is 1.61. The Labute approximate surface area is 192 Å². The number of Topliss-reactive ketones (excluding diaryl/α,β-unsaturated/α-hetero) is 1. The Morgan fingerprint density at radius 1 is 0.853 bits per heavy atom. The number of fused-ring (bicyclic) bond motifs is 1. The van der Waals surface area contributed by atoms with Crippen LogP contribution in [0.2, 0.25) is 0 Å². The van der Waals surface area contributed by atoms with Crippen LogP contribution in [0.1, 0.15) is 49.4 Å². The number of halogens is 2. The molecule has 2 aromatic heterocycles. The van der Waals surface area contributed by atoms with E-state index in [9.17, 15) is 23.2 Å². The molecule has 4 rings (SSSR count). The highest BCUT2D eigenvalue weighted by Gasteiger charge is 2.18. The van der Waals surface area contributed by atoms with Gasteiger partial charge in [0.2, 0.25) is 0 Å². The summed E-state index contributed by atoms with van der Waals surface area (Å²) in [4.78, 5) is 41.1. The zero-order valence-electron chi connectivity index (χ0n) is 18.0. The first-order chi connectivity index (χ1) is 16.3.